The van der Waals surface area contributed by atoms with Gasteiger partial charge in [-0.05, 0) is 118 Å². The molecule has 3 fully saturated rings. The van der Waals surface area contributed by atoms with Crippen molar-refractivity contribution in [2.24, 2.45) is 46.3 Å². The van der Waals surface area contributed by atoms with E-state index in [1.807, 2.05) is 13.8 Å². The van der Waals surface area contributed by atoms with E-state index in [2.05, 4.69) is 33.8 Å². The fraction of sp³-hybridized carbons (Fsp3) is 0.931. The molecule has 3 N–H and O–H groups in total. The van der Waals surface area contributed by atoms with Crippen molar-refractivity contribution < 1.29 is 15.3 Å². The molecule has 1 unspecified atom stereocenters. The molecule has 0 spiro atoms. The van der Waals surface area contributed by atoms with Crippen LogP contribution >= 0.6 is 0 Å². The molecule has 32 heavy (non-hydrogen) atoms. The maximum atomic E-state index is 11.3. The first kappa shape index (κ1) is 24.7. The fourth-order valence-electron chi connectivity index (χ4n) is 9.27. The van der Waals surface area contributed by atoms with E-state index in [1.54, 1.807) is 5.57 Å². The molecular formula is C29H50O3. The number of fused-ring (bicyclic) bond motifs is 5. The molecule has 0 aromatic heterocycles. The lowest BCUT2D eigenvalue weighted by molar-refractivity contribution is -0.0746. The van der Waals surface area contributed by atoms with E-state index in [9.17, 15) is 15.3 Å². The third kappa shape index (κ3) is 4.03. The third-order valence-electron chi connectivity index (χ3n) is 11.4. The van der Waals surface area contributed by atoms with Gasteiger partial charge in [0, 0.05) is 0 Å². The number of hydrogen-bond acceptors (Lipinski definition) is 3. The summed E-state index contributed by atoms with van der Waals surface area (Å²) in [6.07, 6.45) is 13.0. The average Bonchev–Trinajstić information content (AvgIpc) is 3.08. The van der Waals surface area contributed by atoms with Crippen LogP contribution in [-0.2, 0) is 0 Å². The van der Waals surface area contributed by atoms with Crippen LogP contribution in [0.25, 0.3) is 0 Å². The molecule has 10 atom stereocenters. The first-order valence-electron chi connectivity index (χ1n) is 13.7. The van der Waals surface area contributed by atoms with Crippen molar-refractivity contribution in [1.29, 1.82) is 0 Å². The molecule has 3 saturated carbocycles. The van der Waals surface area contributed by atoms with Gasteiger partial charge in [0.25, 0.3) is 0 Å². The summed E-state index contributed by atoms with van der Waals surface area (Å²) in [5, 5.41) is 32.0. The average molecular weight is 447 g/mol. The zero-order valence-corrected chi connectivity index (χ0v) is 21.6. The Balaban J connectivity index is 1.50. The molecule has 0 bridgehead atoms. The molecule has 0 heterocycles. The van der Waals surface area contributed by atoms with Crippen LogP contribution in [0, 0.1) is 46.3 Å². The molecule has 4 aliphatic carbocycles. The predicted octanol–water partition coefficient (Wildman–Crippen LogP) is 6.11. The summed E-state index contributed by atoms with van der Waals surface area (Å²) >= 11 is 0. The van der Waals surface area contributed by atoms with Crippen molar-refractivity contribution in [3.63, 3.8) is 0 Å². The largest absolute Gasteiger partial charge is 0.393 e. The zero-order chi connectivity index (χ0) is 23.5. The molecule has 4 rings (SSSR count). The molecule has 0 aromatic carbocycles. The van der Waals surface area contributed by atoms with Crippen LogP contribution < -0.4 is 0 Å². The SMILES string of the molecule is CCC(C[C@H](O)[C@@H](C)[C@H]1CC[C@H]2[C@@H]3CC=C4C[C@@H](O)CC[C@]4(C)[C@H]3CC[C@]12C)C(C)(C)O. The number of aliphatic hydroxyl groups is 3. The van der Waals surface area contributed by atoms with E-state index >= 15 is 0 Å². The summed E-state index contributed by atoms with van der Waals surface area (Å²) in [6, 6.07) is 0. The lowest BCUT2D eigenvalue weighted by Gasteiger charge is -2.58. The van der Waals surface area contributed by atoms with Gasteiger partial charge < -0.3 is 15.3 Å². The lowest BCUT2D eigenvalue weighted by atomic mass is 9.47. The van der Waals surface area contributed by atoms with Gasteiger partial charge in [0.15, 0.2) is 0 Å². The monoisotopic (exact) mass is 446 g/mol. The van der Waals surface area contributed by atoms with Gasteiger partial charge in [-0.15, -0.1) is 0 Å². The molecular weight excluding hydrogens is 396 g/mol. The van der Waals surface area contributed by atoms with Gasteiger partial charge in [-0.1, -0.05) is 45.8 Å². The van der Waals surface area contributed by atoms with E-state index in [0.717, 1.165) is 43.4 Å². The Kier molecular flexibility index (Phi) is 6.71. The normalized spacial score (nSPS) is 44.7. The molecule has 0 saturated heterocycles. The van der Waals surface area contributed by atoms with Crippen LogP contribution in [0.5, 0.6) is 0 Å². The summed E-state index contributed by atoms with van der Waals surface area (Å²) in [7, 11) is 0. The maximum absolute atomic E-state index is 11.3. The summed E-state index contributed by atoms with van der Waals surface area (Å²) in [4.78, 5) is 0. The number of allylic oxidation sites excluding steroid dienone is 1. The van der Waals surface area contributed by atoms with E-state index < -0.39 is 5.60 Å². The number of aliphatic hydroxyl groups excluding tert-OH is 2. The quantitative estimate of drug-likeness (QED) is 0.431. The van der Waals surface area contributed by atoms with Crippen molar-refractivity contribution in [1.82, 2.24) is 0 Å². The molecule has 4 aliphatic rings. The predicted molar refractivity (Wildman–Crippen MR) is 131 cm³/mol. The molecule has 3 heteroatoms. The second kappa shape index (κ2) is 8.68. The van der Waals surface area contributed by atoms with Crippen molar-refractivity contribution in [2.75, 3.05) is 0 Å². The molecule has 3 nitrogen and oxygen atoms in total. The van der Waals surface area contributed by atoms with E-state index in [0.29, 0.717) is 23.2 Å². The van der Waals surface area contributed by atoms with Crippen LogP contribution in [0.1, 0.15) is 106 Å². The van der Waals surface area contributed by atoms with Crippen LogP contribution in [0.4, 0.5) is 0 Å². The van der Waals surface area contributed by atoms with Gasteiger partial charge in [0.05, 0.1) is 17.8 Å². The van der Waals surface area contributed by atoms with E-state index in [-0.39, 0.29) is 24.0 Å². The number of rotatable bonds is 6. The van der Waals surface area contributed by atoms with Crippen molar-refractivity contribution in [3.05, 3.63) is 11.6 Å². The van der Waals surface area contributed by atoms with Gasteiger partial charge in [0.2, 0.25) is 0 Å². The Hall–Kier alpha value is -0.380. The van der Waals surface area contributed by atoms with Gasteiger partial charge >= 0.3 is 0 Å². The highest BCUT2D eigenvalue weighted by Gasteiger charge is 2.59. The smallest absolute Gasteiger partial charge is 0.0620 e. The third-order valence-corrected chi connectivity index (χ3v) is 11.4. The second-order valence-corrected chi connectivity index (χ2v) is 13.3. The molecule has 0 amide bonds. The van der Waals surface area contributed by atoms with Gasteiger partial charge in [-0.25, -0.2) is 0 Å². The minimum absolute atomic E-state index is 0.131. The number of hydrogen-bond donors (Lipinski definition) is 3. The Bertz CT molecular complexity index is 708. The standard InChI is InChI=1S/C29H50O3/c1-7-19(27(3,4)32)17-26(31)18(2)23-10-11-24-22-9-8-20-16-21(30)12-14-28(20,5)25(22)13-15-29(23,24)6/h8,18-19,21-26,30-32H,7,9-17H2,1-6H3/t18-,19?,21-,22-,23+,24-,25-,26-,28-,29+/m0/s1. The van der Waals surface area contributed by atoms with Crippen molar-refractivity contribution in [2.45, 2.75) is 124 Å². The Morgan fingerprint density at radius 3 is 2.47 bits per heavy atom. The second-order valence-electron chi connectivity index (χ2n) is 13.3. The Morgan fingerprint density at radius 1 is 1.09 bits per heavy atom. The molecule has 0 radical (unpaired) electrons. The highest BCUT2D eigenvalue weighted by atomic mass is 16.3. The zero-order valence-electron chi connectivity index (χ0n) is 21.6. The summed E-state index contributed by atoms with van der Waals surface area (Å²) in [5.41, 5.74) is 1.45. The summed E-state index contributed by atoms with van der Waals surface area (Å²) < 4.78 is 0. The van der Waals surface area contributed by atoms with Gasteiger partial charge in [0.1, 0.15) is 0 Å². The van der Waals surface area contributed by atoms with Crippen LogP contribution in [0.3, 0.4) is 0 Å². The first-order chi connectivity index (χ1) is 14.9. The first-order valence-corrected chi connectivity index (χ1v) is 13.7. The topological polar surface area (TPSA) is 60.7 Å². The Morgan fingerprint density at radius 2 is 1.81 bits per heavy atom. The van der Waals surface area contributed by atoms with E-state index in [4.69, 9.17) is 0 Å². The Labute approximate surface area is 197 Å². The molecule has 0 aromatic rings. The summed E-state index contributed by atoms with van der Waals surface area (Å²) in [5.74, 6) is 3.31. The van der Waals surface area contributed by atoms with Crippen molar-refractivity contribution >= 4 is 0 Å². The highest BCUT2D eigenvalue weighted by molar-refractivity contribution is 5.25. The minimum Gasteiger partial charge on any atom is -0.393 e. The van der Waals surface area contributed by atoms with Crippen LogP contribution in [0.2, 0.25) is 0 Å². The fourth-order valence-corrected chi connectivity index (χ4v) is 9.27. The van der Waals surface area contributed by atoms with Crippen LogP contribution in [-0.4, -0.2) is 33.1 Å². The highest BCUT2D eigenvalue weighted by Crippen LogP contribution is 2.67. The van der Waals surface area contributed by atoms with Crippen molar-refractivity contribution in [3.8, 4) is 0 Å². The lowest BCUT2D eigenvalue weighted by Crippen LogP contribution is -2.51. The molecule has 184 valence electrons. The molecule has 0 aliphatic heterocycles. The summed E-state index contributed by atoms with van der Waals surface area (Å²) in [6.45, 7) is 13.3. The van der Waals surface area contributed by atoms with Gasteiger partial charge in [-0.2, -0.15) is 0 Å². The minimum atomic E-state index is -0.731. The van der Waals surface area contributed by atoms with Crippen LogP contribution in [0.15, 0.2) is 11.6 Å². The maximum Gasteiger partial charge on any atom is 0.0620 e. The van der Waals surface area contributed by atoms with Gasteiger partial charge in [-0.3, -0.25) is 0 Å². The van der Waals surface area contributed by atoms with E-state index in [1.165, 1.54) is 32.1 Å².